The lowest BCUT2D eigenvalue weighted by atomic mass is 10.2. The predicted octanol–water partition coefficient (Wildman–Crippen LogP) is 3.39. The number of amides is 1. The second kappa shape index (κ2) is 6.93. The summed E-state index contributed by atoms with van der Waals surface area (Å²) in [6, 6.07) is 7.06. The van der Waals surface area contributed by atoms with Crippen LogP contribution in [0, 0.1) is 6.92 Å². The van der Waals surface area contributed by atoms with Gasteiger partial charge in [-0.3, -0.25) is 19.1 Å². The molecule has 0 aliphatic heterocycles. The van der Waals surface area contributed by atoms with E-state index in [0.29, 0.717) is 21.3 Å². The number of fused-ring (bicyclic) bond motifs is 1. The molecule has 1 aromatic carbocycles. The highest BCUT2D eigenvalue weighted by molar-refractivity contribution is 7.16. The molecule has 3 aromatic rings. The van der Waals surface area contributed by atoms with E-state index in [-0.39, 0.29) is 23.9 Å². The number of pyridine rings is 1. The van der Waals surface area contributed by atoms with Crippen molar-refractivity contribution in [3.63, 3.8) is 0 Å². The maximum Gasteiger partial charge on any atom is 0.308 e. The molecule has 0 aliphatic rings. The Bertz CT molecular complexity index is 981. The summed E-state index contributed by atoms with van der Waals surface area (Å²) in [6.07, 6.45) is 1.68. The number of carbonyl (C=O) groups is 1. The number of hydrogen-bond acceptors (Lipinski definition) is 4. The monoisotopic (exact) mass is 381 g/mol. The number of aromatic nitrogens is 2. The van der Waals surface area contributed by atoms with Crippen LogP contribution in [0.1, 0.15) is 11.3 Å². The van der Waals surface area contributed by atoms with Gasteiger partial charge in [0, 0.05) is 6.20 Å². The molecule has 0 unspecified atom stereocenters. The van der Waals surface area contributed by atoms with Gasteiger partial charge in [0.1, 0.15) is 6.54 Å². The van der Waals surface area contributed by atoms with Gasteiger partial charge in [-0.05, 0) is 30.7 Å². The number of nitrogens with zero attached hydrogens (tertiary/aromatic N) is 2. The number of benzene rings is 1. The molecule has 0 saturated carbocycles. The first-order valence-corrected chi connectivity index (χ1v) is 8.68. The molecule has 0 bridgehead atoms. The predicted molar refractivity (Wildman–Crippen MR) is 96.9 cm³/mol. The van der Waals surface area contributed by atoms with Crippen LogP contribution < -0.4 is 10.2 Å². The first-order valence-electron chi connectivity index (χ1n) is 7.11. The van der Waals surface area contributed by atoms with Crippen LogP contribution in [0.2, 0.25) is 10.0 Å². The Hall–Kier alpha value is -1.89. The van der Waals surface area contributed by atoms with Crippen LogP contribution in [0.3, 0.4) is 0 Å². The van der Waals surface area contributed by atoms with Crippen LogP contribution in [0.4, 0.5) is 0 Å². The van der Waals surface area contributed by atoms with Crippen molar-refractivity contribution < 1.29 is 4.79 Å². The molecule has 0 saturated heterocycles. The Morgan fingerprint density at radius 1 is 1.33 bits per heavy atom. The molecule has 8 heteroatoms. The van der Waals surface area contributed by atoms with Gasteiger partial charge < -0.3 is 5.32 Å². The summed E-state index contributed by atoms with van der Waals surface area (Å²) in [4.78, 5) is 28.3. The maximum atomic E-state index is 12.2. The molecule has 124 valence electrons. The van der Waals surface area contributed by atoms with E-state index in [1.54, 1.807) is 30.5 Å². The van der Waals surface area contributed by atoms with Crippen LogP contribution in [0.15, 0.2) is 35.3 Å². The lowest BCUT2D eigenvalue weighted by molar-refractivity contribution is -0.121. The minimum absolute atomic E-state index is 0.105. The van der Waals surface area contributed by atoms with Gasteiger partial charge in [-0.25, -0.2) is 0 Å². The number of para-hydroxylation sites is 1. The highest BCUT2D eigenvalue weighted by Gasteiger charge is 2.14. The number of carbonyl (C=O) groups excluding carboxylic acids is 1. The van der Waals surface area contributed by atoms with Gasteiger partial charge in [-0.15, -0.1) is 0 Å². The molecule has 0 spiro atoms. The minimum atomic E-state index is -0.310. The molecule has 1 amide bonds. The van der Waals surface area contributed by atoms with Crippen molar-refractivity contribution in [2.75, 3.05) is 0 Å². The number of nitrogens with one attached hydrogen (secondary N) is 1. The van der Waals surface area contributed by atoms with Crippen LogP contribution >= 0.6 is 34.5 Å². The zero-order valence-electron chi connectivity index (χ0n) is 12.7. The van der Waals surface area contributed by atoms with E-state index in [0.717, 1.165) is 21.6 Å². The Morgan fingerprint density at radius 3 is 2.88 bits per heavy atom. The quantitative estimate of drug-likeness (QED) is 0.753. The topological polar surface area (TPSA) is 64.0 Å². The molecule has 0 aliphatic carbocycles. The normalized spacial score (nSPS) is 11.0. The van der Waals surface area contributed by atoms with Gasteiger partial charge in [-0.2, -0.15) is 0 Å². The molecule has 0 fully saturated rings. The van der Waals surface area contributed by atoms with Crippen LogP contribution in [-0.2, 0) is 17.9 Å². The molecule has 0 radical (unpaired) electrons. The zero-order valence-corrected chi connectivity index (χ0v) is 15.0. The SMILES string of the molecule is Cc1cnc(CNC(=O)Cn2c(=O)sc3cccc(Cl)c32)c(Cl)c1. The Labute approximate surface area is 151 Å². The van der Waals surface area contributed by atoms with Gasteiger partial charge in [0.25, 0.3) is 0 Å². The fourth-order valence-electron chi connectivity index (χ4n) is 2.30. The van der Waals surface area contributed by atoms with Crippen molar-refractivity contribution in [3.05, 3.63) is 61.4 Å². The third kappa shape index (κ3) is 3.45. The summed E-state index contributed by atoms with van der Waals surface area (Å²) in [6.45, 7) is 1.98. The fraction of sp³-hybridized carbons (Fsp3) is 0.188. The number of hydrogen-bond donors (Lipinski definition) is 1. The van der Waals surface area contributed by atoms with Gasteiger partial charge in [0.15, 0.2) is 0 Å². The number of aryl methyl sites for hydroxylation is 1. The van der Waals surface area contributed by atoms with E-state index < -0.39 is 0 Å². The lowest BCUT2D eigenvalue weighted by Gasteiger charge is -2.08. The standard InChI is InChI=1S/C16H13Cl2N3O2S/c1-9-5-11(18)12(19-6-9)7-20-14(22)8-21-15-10(17)3-2-4-13(15)24-16(21)23/h2-6H,7-8H2,1H3,(H,20,22). The molecule has 0 atom stereocenters. The number of thiazole rings is 1. The molecule has 3 rings (SSSR count). The van der Waals surface area contributed by atoms with E-state index in [1.165, 1.54) is 4.57 Å². The third-order valence-electron chi connectivity index (χ3n) is 3.45. The van der Waals surface area contributed by atoms with Crippen molar-refractivity contribution in [1.29, 1.82) is 0 Å². The van der Waals surface area contributed by atoms with Crippen molar-refractivity contribution >= 4 is 50.7 Å². The van der Waals surface area contributed by atoms with E-state index in [4.69, 9.17) is 23.2 Å². The van der Waals surface area contributed by atoms with E-state index >= 15 is 0 Å². The number of rotatable bonds is 4. The summed E-state index contributed by atoms with van der Waals surface area (Å²) in [5.41, 5.74) is 2.10. The first-order chi connectivity index (χ1) is 11.5. The van der Waals surface area contributed by atoms with Crippen molar-refractivity contribution in [2.45, 2.75) is 20.0 Å². The average Bonchev–Trinajstić information content (AvgIpc) is 2.83. The van der Waals surface area contributed by atoms with E-state index in [1.807, 2.05) is 6.92 Å². The van der Waals surface area contributed by atoms with Crippen molar-refractivity contribution in [3.8, 4) is 0 Å². The second-order valence-electron chi connectivity index (χ2n) is 5.26. The maximum absolute atomic E-state index is 12.2. The van der Waals surface area contributed by atoms with Gasteiger partial charge in [0.05, 0.1) is 32.5 Å². The molecule has 24 heavy (non-hydrogen) atoms. The average molecular weight is 382 g/mol. The zero-order chi connectivity index (χ0) is 17.3. The van der Waals surface area contributed by atoms with Crippen molar-refractivity contribution in [1.82, 2.24) is 14.9 Å². The van der Waals surface area contributed by atoms with Crippen LogP contribution in [-0.4, -0.2) is 15.5 Å². The van der Waals surface area contributed by atoms with Crippen molar-refractivity contribution in [2.24, 2.45) is 0 Å². The Morgan fingerprint density at radius 2 is 2.12 bits per heavy atom. The molecular formula is C16H13Cl2N3O2S. The summed E-state index contributed by atoms with van der Waals surface area (Å²) >= 11 is 13.3. The molecule has 5 nitrogen and oxygen atoms in total. The van der Waals surface area contributed by atoms with Crippen LogP contribution in [0.5, 0.6) is 0 Å². The highest BCUT2D eigenvalue weighted by Crippen LogP contribution is 2.25. The minimum Gasteiger partial charge on any atom is -0.349 e. The smallest absolute Gasteiger partial charge is 0.308 e. The molecule has 2 heterocycles. The Balaban J connectivity index is 1.76. The molecule has 2 aromatic heterocycles. The second-order valence-corrected chi connectivity index (χ2v) is 7.07. The summed E-state index contributed by atoms with van der Waals surface area (Å²) in [7, 11) is 0. The largest absolute Gasteiger partial charge is 0.349 e. The molecule has 1 N–H and O–H groups in total. The Kier molecular flexibility index (Phi) is 4.89. The van der Waals surface area contributed by atoms with E-state index in [9.17, 15) is 9.59 Å². The fourth-order valence-corrected chi connectivity index (χ4v) is 3.84. The summed E-state index contributed by atoms with van der Waals surface area (Å²) < 4.78 is 2.13. The summed E-state index contributed by atoms with van der Waals surface area (Å²) in [5, 5.41) is 3.67. The lowest BCUT2D eigenvalue weighted by Crippen LogP contribution is -2.30. The van der Waals surface area contributed by atoms with E-state index in [2.05, 4.69) is 10.3 Å². The number of halogens is 2. The van der Waals surface area contributed by atoms with Gasteiger partial charge in [0.2, 0.25) is 5.91 Å². The van der Waals surface area contributed by atoms with Gasteiger partial charge in [-0.1, -0.05) is 40.6 Å². The first kappa shape index (κ1) is 17.0. The third-order valence-corrected chi connectivity index (χ3v) is 5.02. The summed E-state index contributed by atoms with van der Waals surface area (Å²) in [5.74, 6) is -0.310. The van der Waals surface area contributed by atoms with Gasteiger partial charge >= 0.3 is 4.87 Å². The highest BCUT2D eigenvalue weighted by atomic mass is 35.5. The molecular weight excluding hydrogens is 369 g/mol. The van der Waals surface area contributed by atoms with Crippen LogP contribution in [0.25, 0.3) is 10.2 Å².